The van der Waals surface area contributed by atoms with Crippen LogP contribution in [0, 0.1) is 17.0 Å². The number of aromatic nitrogens is 2. The standard InChI is InChI=1S/C21H17N3O6/c1-11-7-12(24(27)28)3-6-18(11)30-13-4-5-16-14(8-13)19-15(10-29-2)20(21(25)26)22-9-17(19)23-16/h3-9,23H,10H2,1-2H3,(H,25,26). The molecule has 4 rings (SSSR count). The highest BCUT2D eigenvalue weighted by Gasteiger charge is 2.19. The molecule has 0 aliphatic carbocycles. The van der Waals surface area contributed by atoms with Gasteiger partial charge in [-0.3, -0.25) is 10.1 Å². The molecule has 2 aromatic heterocycles. The molecule has 30 heavy (non-hydrogen) atoms. The molecule has 0 unspecified atom stereocenters. The van der Waals surface area contributed by atoms with Gasteiger partial charge in [-0.15, -0.1) is 0 Å². The summed E-state index contributed by atoms with van der Waals surface area (Å²) in [6.45, 7) is 1.82. The molecular weight excluding hydrogens is 390 g/mol. The molecule has 9 heteroatoms. The average Bonchev–Trinajstić information content (AvgIpc) is 3.08. The Morgan fingerprint density at radius 1 is 1.23 bits per heavy atom. The number of methoxy groups -OCH3 is 1. The van der Waals surface area contributed by atoms with Gasteiger partial charge in [0.05, 0.1) is 23.2 Å². The molecule has 2 N–H and O–H groups in total. The summed E-state index contributed by atoms with van der Waals surface area (Å²) in [5.74, 6) is -0.130. The molecule has 0 amide bonds. The Labute approximate surface area is 170 Å². The van der Waals surface area contributed by atoms with E-state index in [1.807, 2.05) is 6.07 Å². The number of carboxylic acids is 1. The number of benzene rings is 2. The molecule has 0 saturated carbocycles. The minimum absolute atomic E-state index is 0.00941. The molecule has 0 atom stereocenters. The summed E-state index contributed by atoms with van der Waals surface area (Å²) in [6.07, 6.45) is 1.49. The molecule has 0 spiro atoms. The Morgan fingerprint density at radius 2 is 2.03 bits per heavy atom. The first-order valence-electron chi connectivity index (χ1n) is 8.97. The maximum absolute atomic E-state index is 11.6. The average molecular weight is 407 g/mol. The minimum atomic E-state index is -1.13. The van der Waals surface area contributed by atoms with Crippen LogP contribution >= 0.6 is 0 Å². The van der Waals surface area contributed by atoms with Crippen molar-refractivity contribution in [2.45, 2.75) is 13.5 Å². The lowest BCUT2D eigenvalue weighted by molar-refractivity contribution is -0.384. The molecule has 0 radical (unpaired) electrons. The van der Waals surface area contributed by atoms with Gasteiger partial charge in [-0.05, 0) is 36.8 Å². The van der Waals surface area contributed by atoms with Gasteiger partial charge >= 0.3 is 5.97 Å². The minimum Gasteiger partial charge on any atom is -0.477 e. The topological polar surface area (TPSA) is 128 Å². The smallest absolute Gasteiger partial charge is 0.354 e. The van der Waals surface area contributed by atoms with Gasteiger partial charge in [-0.25, -0.2) is 9.78 Å². The number of nitro groups is 1. The molecule has 152 valence electrons. The van der Waals surface area contributed by atoms with E-state index < -0.39 is 10.9 Å². The van der Waals surface area contributed by atoms with Crippen LogP contribution in [0.1, 0.15) is 21.6 Å². The van der Waals surface area contributed by atoms with E-state index in [1.165, 1.54) is 25.4 Å². The lowest BCUT2D eigenvalue weighted by Crippen LogP contribution is -2.07. The third kappa shape index (κ3) is 3.31. The first kappa shape index (κ1) is 19.3. The Morgan fingerprint density at radius 3 is 2.70 bits per heavy atom. The number of aryl methyl sites for hydroxylation is 1. The SMILES string of the molecule is COCc1c(C(=O)O)ncc2[nH]c3ccc(Oc4ccc([N+](=O)[O-])cc4C)cc3c12. The molecule has 2 heterocycles. The molecule has 0 fully saturated rings. The van der Waals surface area contributed by atoms with Crippen LogP contribution in [0.4, 0.5) is 5.69 Å². The molecule has 0 aliphatic heterocycles. The molecule has 4 aromatic rings. The molecule has 2 aromatic carbocycles. The zero-order valence-electron chi connectivity index (χ0n) is 16.1. The van der Waals surface area contributed by atoms with Crippen molar-refractivity contribution in [2.75, 3.05) is 7.11 Å². The summed E-state index contributed by atoms with van der Waals surface area (Å²) < 4.78 is 11.2. The van der Waals surface area contributed by atoms with Gasteiger partial charge in [0.1, 0.15) is 11.5 Å². The van der Waals surface area contributed by atoms with Crippen molar-refractivity contribution in [1.82, 2.24) is 9.97 Å². The van der Waals surface area contributed by atoms with Gasteiger partial charge in [-0.2, -0.15) is 0 Å². The lowest BCUT2D eigenvalue weighted by atomic mass is 10.1. The number of aromatic amines is 1. The van der Waals surface area contributed by atoms with Gasteiger partial charge in [0.2, 0.25) is 0 Å². The normalized spacial score (nSPS) is 11.1. The Balaban J connectivity index is 1.83. The van der Waals surface area contributed by atoms with Crippen LogP contribution in [0.15, 0.2) is 42.6 Å². The lowest BCUT2D eigenvalue weighted by Gasteiger charge is -2.09. The van der Waals surface area contributed by atoms with E-state index in [2.05, 4.69) is 9.97 Å². The highest BCUT2D eigenvalue weighted by atomic mass is 16.6. The number of nitrogens with one attached hydrogen (secondary N) is 1. The van der Waals surface area contributed by atoms with Gasteiger partial charge < -0.3 is 19.6 Å². The first-order valence-corrected chi connectivity index (χ1v) is 8.97. The molecule has 9 nitrogen and oxygen atoms in total. The number of nitro benzene ring substituents is 1. The summed E-state index contributed by atoms with van der Waals surface area (Å²) in [5.41, 5.74) is 2.50. The van der Waals surface area contributed by atoms with Gasteiger partial charge in [-0.1, -0.05) is 0 Å². The molecular formula is C21H17N3O6. The van der Waals surface area contributed by atoms with Crippen molar-refractivity contribution in [3.05, 3.63) is 69.5 Å². The molecule has 0 aliphatic rings. The summed E-state index contributed by atoms with van der Waals surface area (Å²) >= 11 is 0. The van der Waals surface area contributed by atoms with Crippen molar-refractivity contribution in [3.8, 4) is 11.5 Å². The molecule has 0 saturated heterocycles. The number of carboxylic acid groups (broad SMARTS) is 1. The fourth-order valence-electron chi connectivity index (χ4n) is 3.46. The first-order chi connectivity index (χ1) is 14.4. The Kier molecular flexibility index (Phi) is 4.80. The third-order valence-corrected chi connectivity index (χ3v) is 4.80. The number of H-pyrrole nitrogens is 1. The van der Waals surface area contributed by atoms with Crippen LogP contribution < -0.4 is 4.74 Å². The largest absolute Gasteiger partial charge is 0.477 e. The number of ether oxygens (including phenoxy) is 2. The number of hydrogen-bond acceptors (Lipinski definition) is 6. The number of carbonyl (C=O) groups is 1. The number of pyridine rings is 1. The summed E-state index contributed by atoms with van der Waals surface area (Å²) in [7, 11) is 1.49. The summed E-state index contributed by atoms with van der Waals surface area (Å²) in [6, 6.07) is 9.76. The van der Waals surface area contributed by atoms with E-state index in [-0.39, 0.29) is 18.0 Å². The predicted octanol–water partition coefficient (Wildman–Crippen LogP) is 4.57. The maximum Gasteiger partial charge on any atom is 0.354 e. The Hall–Kier alpha value is -3.98. The summed E-state index contributed by atoms with van der Waals surface area (Å²) in [5, 5.41) is 21.9. The van der Waals surface area contributed by atoms with E-state index in [0.717, 1.165) is 10.9 Å². The van der Waals surface area contributed by atoms with E-state index >= 15 is 0 Å². The van der Waals surface area contributed by atoms with Gasteiger partial charge in [0.15, 0.2) is 5.69 Å². The van der Waals surface area contributed by atoms with E-state index in [4.69, 9.17) is 9.47 Å². The number of aromatic carboxylic acids is 1. The van der Waals surface area contributed by atoms with Crippen LogP contribution in [-0.2, 0) is 11.3 Å². The van der Waals surface area contributed by atoms with E-state index in [1.54, 1.807) is 25.1 Å². The van der Waals surface area contributed by atoms with Gasteiger partial charge in [0.25, 0.3) is 5.69 Å². The zero-order valence-corrected chi connectivity index (χ0v) is 16.1. The van der Waals surface area contributed by atoms with Crippen molar-refractivity contribution < 1.29 is 24.3 Å². The second-order valence-corrected chi connectivity index (χ2v) is 6.75. The maximum atomic E-state index is 11.6. The van der Waals surface area contributed by atoms with Gasteiger partial charge in [0, 0.05) is 41.1 Å². The fourth-order valence-corrected chi connectivity index (χ4v) is 3.46. The van der Waals surface area contributed by atoms with Crippen molar-refractivity contribution in [3.63, 3.8) is 0 Å². The second-order valence-electron chi connectivity index (χ2n) is 6.75. The van der Waals surface area contributed by atoms with Crippen molar-refractivity contribution in [1.29, 1.82) is 0 Å². The van der Waals surface area contributed by atoms with Crippen LogP contribution in [0.3, 0.4) is 0 Å². The highest BCUT2D eigenvalue weighted by Crippen LogP contribution is 2.35. The number of hydrogen-bond donors (Lipinski definition) is 2. The molecule has 0 bridgehead atoms. The van der Waals surface area contributed by atoms with Crippen molar-refractivity contribution in [2.24, 2.45) is 0 Å². The quantitative estimate of drug-likeness (QED) is 0.354. The van der Waals surface area contributed by atoms with Crippen LogP contribution in [0.2, 0.25) is 0 Å². The second kappa shape index (κ2) is 7.45. The Bertz CT molecular complexity index is 1310. The highest BCUT2D eigenvalue weighted by molar-refractivity contribution is 6.11. The van der Waals surface area contributed by atoms with Crippen LogP contribution in [0.5, 0.6) is 11.5 Å². The number of non-ortho nitro benzene ring substituents is 1. The number of nitrogens with zero attached hydrogens (tertiary/aromatic N) is 2. The fraction of sp³-hybridized carbons (Fsp3) is 0.143. The van der Waals surface area contributed by atoms with Crippen LogP contribution in [0.25, 0.3) is 21.8 Å². The monoisotopic (exact) mass is 407 g/mol. The van der Waals surface area contributed by atoms with E-state index in [0.29, 0.717) is 33.5 Å². The number of rotatable bonds is 6. The third-order valence-electron chi connectivity index (χ3n) is 4.80. The van der Waals surface area contributed by atoms with Crippen molar-refractivity contribution >= 4 is 33.5 Å². The predicted molar refractivity (Wildman–Crippen MR) is 109 cm³/mol. The number of fused-ring (bicyclic) bond motifs is 3. The summed E-state index contributed by atoms with van der Waals surface area (Å²) in [4.78, 5) is 29.4. The van der Waals surface area contributed by atoms with E-state index in [9.17, 15) is 20.0 Å². The van der Waals surface area contributed by atoms with Crippen LogP contribution in [-0.4, -0.2) is 33.1 Å². The zero-order chi connectivity index (χ0) is 21.4.